The van der Waals surface area contributed by atoms with Crippen LogP contribution in [-0.4, -0.2) is 32.0 Å². The summed E-state index contributed by atoms with van der Waals surface area (Å²) in [5, 5.41) is 14.1. The first-order valence-corrected chi connectivity index (χ1v) is 14.5. The Morgan fingerprint density at radius 2 is 1.62 bits per heavy atom. The van der Waals surface area contributed by atoms with Gasteiger partial charge in [0.25, 0.3) is 5.89 Å². The Morgan fingerprint density at radius 3 is 2.23 bits per heavy atom. The molecule has 39 heavy (non-hydrogen) atoms. The number of carbonyl (C=O) groups excluding carboxylic acids is 1. The normalized spacial score (nSPS) is 11.9. The second-order valence-electron chi connectivity index (χ2n) is 10.0. The number of aryl methyl sites for hydroxylation is 1. The first-order chi connectivity index (χ1) is 18.9. The minimum Gasteiger partial charge on any atom is -0.474 e. The number of rotatable bonds is 16. The second kappa shape index (κ2) is 16.0. The van der Waals surface area contributed by atoms with Crippen LogP contribution in [0.1, 0.15) is 101 Å². The lowest BCUT2D eigenvalue weighted by Crippen LogP contribution is -2.38. The number of aromatic nitrogens is 2. The standard InChI is InChI=1S/C31H40ClN3O4/c1-3-5-6-7-8-9-10-11-12-16-28-33-29(39-34-28)25-19-17-24(18-20-25)27(4-2)35(30(36)31(37)38)22-23-14-13-15-26(32)21-23/h13-15,17-21,27H,3-12,16,22H2,1-2H3,(H,37,38). The fourth-order valence-corrected chi connectivity index (χ4v) is 5.04. The van der Waals surface area contributed by atoms with Crippen molar-refractivity contribution in [2.75, 3.05) is 0 Å². The molecule has 0 aliphatic carbocycles. The lowest BCUT2D eigenvalue weighted by atomic mass is 10.00. The minimum atomic E-state index is -1.49. The van der Waals surface area contributed by atoms with E-state index < -0.39 is 17.9 Å². The Hall–Kier alpha value is -3.19. The van der Waals surface area contributed by atoms with Crippen LogP contribution in [-0.2, 0) is 22.6 Å². The molecule has 8 heteroatoms. The van der Waals surface area contributed by atoms with Gasteiger partial charge in [-0.05, 0) is 48.2 Å². The van der Waals surface area contributed by atoms with Crippen LogP contribution in [0.5, 0.6) is 0 Å². The summed E-state index contributed by atoms with van der Waals surface area (Å²) in [5.74, 6) is -1.28. The van der Waals surface area contributed by atoms with E-state index in [4.69, 9.17) is 16.1 Å². The van der Waals surface area contributed by atoms with Crippen molar-refractivity contribution in [1.29, 1.82) is 0 Å². The zero-order valence-corrected chi connectivity index (χ0v) is 23.8. The summed E-state index contributed by atoms with van der Waals surface area (Å²) in [6.07, 6.45) is 12.7. The number of carbonyl (C=O) groups is 2. The van der Waals surface area contributed by atoms with Crippen molar-refractivity contribution in [2.24, 2.45) is 0 Å². The Kier molecular flexibility index (Phi) is 12.5. The van der Waals surface area contributed by atoms with Gasteiger partial charge < -0.3 is 14.5 Å². The van der Waals surface area contributed by atoms with Gasteiger partial charge in [0.15, 0.2) is 5.82 Å². The summed E-state index contributed by atoms with van der Waals surface area (Å²) in [6.45, 7) is 4.31. The van der Waals surface area contributed by atoms with Crippen LogP contribution in [0, 0.1) is 0 Å². The molecule has 1 N–H and O–H groups in total. The van der Waals surface area contributed by atoms with E-state index in [1.165, 1.54) is 56.3 Å². The molecule has 1 heterocycles. The number of unbranched alkanes of at least 4 members (excludes halogenated alkanes) is 8. The van der Waals surface area contributed by atoms with E-state index in [-0.39, 0.29) is 6.54 Å². The largest absolute Gasteiger partial charge is 0.474 e. The molecule has 210 valence electrons. The number of hydrogen-bond donors (Lipinski definition) is 1. The zero-order valence-electron chi connectivity index (χ0n) is 23.1. The van der Waals surface area contributed by atoms with Gasteiger partial charge in [-0.15, -0.1) is 0 Å². The number of carboxylic acids is 1. The molecule has 2 aromatic carbocycles. The summed E-state index contributed by atoms with van der Waals surface area (Å²) in [4.78, 5) is 30.2. The molecule has 0 spiro atoms. The van der Waals surface area contributed by atoms with E-state index in [0.717, 1.165) is 29.5 Å². The Morgan fingerprint density at radius 1 is 0.949 bits per heavy atom. The Balaban J connectivity index is 1.59. The van der Waals surface area contributed by atoms with Gasteiger partial charge in [-0.1, -0.05) is 106 Å². The highest BCUT2D eigenvalue weighted by Crippen LogP contribution is 2.29. The first kappa shape index (κ1) is 30.4. The van der Waals surface area contributed by atoms with Crippen LogP contribution in [0.2, 0.25) is 5.02 Å². The van der Waals surface area contributed by atoms with Crippen LogP contribution in [0.3, 0.4) is 0 Å². The van der Waals surface area contributed by atoms with Crippen molar-refractivity contribution in [1.82, 2.24) is 15.0 Å². The molecular formula is C31H40ClN3O4. The highest BCUT2D eigenvalue weighted by Gasteiger charge is 2.29. The molecule has 0 saturated carbocycles. The van der Waals surface area contributed by atoms with E-state index in [1.807, 2.05) is 37.3 Å². The summed E-state index contributed by atoms with van der Waals surface area (Å²) < 4.78 is 5.50. The van der Waals surface area contributed by atoms with Gasteiger partial charge in [-0.3, -0.25) is 4.79 Å². The SMILES string of the molecule is CCCCCCCCCCCc1noc(-c2ccc(C(CC)N(Cc3cccc(Cl)c3)C(=O)C(=O)O)cc2)n1. The maximum Gasteiger partial charge on any atom is 0.394 e. The van der Waals surface area contributed by atoms with E-state index in [9.17, 15) is 14.7 Å². The lowest BCUT2D eigenvalue weighted by Gasteiger charge is -2.30. The zero-order chi connectivity index (χ0) is 28.0. The maximum atomic E-state index is 12.7. The van der Waals surface area contributed by atoms with Crippen molar-refractivity contribution in [3.63, 3.8) is 0 Å². The average molecular weight is 554 g/mol. The summed E-state index contributed by atoms with van der Waals surface area (Å²) in [6, 6.07) is 14.2. The third-order valence-corrected chi connectivity index (χ3v) is 7.20. The summed E-state index contributed by atoms with van der Waals surface area (Å²) in [5.41, 5.74) is 2.37. The molecule has 1 unspecified atom stereocenters. The minimum absolute atomic E-state index is 0.137. The summed E-state index contributed by atoms with van der Waals surface area (Å²) in [7, 11) is 0. The molecule has 1 amide bonds. The smallest absolute Gasteiger partial charge is 0.394 e. The number of hydrogen-bond acceptors (Lipinski definition) is 5. The highest BCUT2D eigenvalue weighted by atomic mass is 35.5. The highest BCUT2D eigenvalue weighted by molar-refractivity contribution is 6.31. The van der Waals surface area contributed by atoms with Gasteiger partial charge in [0.05, 0.1) is 6.04 Å². The fourth-order valence-electron chi connectivity index (χ4n) is 4.83. The number of halogens is 1. The van der Waals surface area contributed by atoms with Gasteiger partial charge in [0.1, 0.15) is 0 Å². The second-order valence-corrected chi connectivity index (χ2v) is 10.4. The van der Waals surface area contributed by atoms with Crippen molar-refractivity contribution >= 4 is 23.5 Å². The van der Waals surface area contributed by atoms with E-state index in [1.54, 1.807) is 18.2 Å². The lowest BCUT2D eigenvalue weighted by molar-refractivity contribution is -0.157. The van der Waals surface area contributed by atoms with Crippen LogP contribution in [0.4, 0.5) is 0 Å². The molecule has 0 saturated heterocycles. The topological polar surface area (TPSA) is 96.5 Å². The van der Waals surface area contributed by atoms with Gasteiger partial charge in [0.2, 0.25) is 0 Å². The molecule has 0 aliphatic heterocycles. The van der Waals surface area contributed by atoms with Crippen molar-refractivity contribution in [3.8, 4) is 11.5 Å². The van der Waals surface area contributed by atoms with E-state index in [2.05, 4.69) is 17.1 Å². The third-order valence-electron chi connectivity index (χ3n) is 6.96. The van der Waals surface area contributed by atoms with Crippen molar-refractivity contribution in [2.45, 2.75) is 97.1 Å². The predicted octanol–water partition coefficient (Wildman–Crippen LogP) is 8.03. The van der Waals surface area contributed by atoms with E-state index >= 15 is 0 Å². The summed E-state index contributed by atoms with van der Waals surface area (Å²) >= 11 is 6.11. The average Bonchev–Trinajstić information content (AvgIpc) is 3.41. The molecule has 0 aliphatic rings. The third kappa shape index (κ3) is 9.50. The van der Waals surface area contributed by atoms with E-state index in [0.29, 0.717) is 23.2 Å². The molecule has 3 rings (SSSR count). The van der Waals surface area contributed by atoms with Crippen LogP contribution in [0.25, 0.3) is 11.5 Å². The number of amides is 1. The monoisotopic (exact) mass is 553 g/mol. The van der Waals surface area contributed by atoms with Gasteiger partial charge in [0, 0.05) is 23.6 Å². The molecule has 1 atom stereocenters. The van der Waals surface area contributed by atoms with Gasteiger partial charge in [-0.25, -0.2) is 4.79 Å². The van der Waals surface area contributed by atoms with Gasteiger partial charge >= 0.3 is 11.9 Å². The van der Waals surface area contributed by atoms with Crippen LogP contribution < -0.4 is 0 Å². The quantitative estimate of drug-likeness (QED) is 0.142. The molecule has 0 radical (unpaired) electrons. The van der Waals surface area contributed by atoms with Gasteiger partial charge in [-0.2, -0.15) is 4.98 Å². The number of aliphatic carboxylic acids is 1. The fraction of sp³-hybridized carbons (Fsp3) is 0.484. The number of carboxylic acid groups (broad SMARTS) is 1. The number of benzene rings is 2. The molecular weight excluding hydrogens is 514 g/mol. The Bertz CT molecular complexity index is 1180. The molecule has 7 nitrogen and oxygen atoms in total. The maximum absolute atomic E-state index is 12.7. The molecule has 1 aromatic heterocycles. The molecule has 0 bridgehead atoms. The molecule has 0 fully saturated rings. The van der Waals surface area contributed by atoms with Crippen LogP contribution >= 0.6 is 11.6 Å². The first-order valence-electron chi connectivity index (χ1n) is 14.1. The van der Waals surface area contributed by atoms with Crippen molar-refractivity contribution < 1.29 is 19.2 Å². The number of nitrogens with zero attached hydrogens (tertiary/aromatic N) is 3. The Labute approximate surface area is 236 Å². The predicted molar refractivity (Wildman–Crippen MR) is 153 cm³/mol. The van der Waals surface area contributed by atoms with Crippen molar-refractivity contribution in [3.05, 3.63) is 70.5 Å². The molecule has 3 aromatic rings. The van der Waals surface area contributed by atoms with Crippen LogP contribution in [0.15, 0.2) is 53.1 Å².